The standard InChI is InChI=1S/C15H15N3O/c1-9-4-6-12-11(8-9)15(19)18(3)13-7-5-10(2)16-14(13)17-12/h4-8H,1-3H3,(H,16,17). The number of carbonyl (C=O) groups is 1. The predicted molar refractivity (Wildman–Crippen MR) is 76.2 cm³/mol. The molecule has 1 aromatic carbocycles. The molecule has 0 aliphatic carbocycles. The molecule has 0 atom stereocenters. The maximum Gasteiger partial charge on any atom is 0.260 e. The van der Waals surface area contributed by atoms with Gasteiger partial charge in [-0.25, -0.2) is 4.98 Å². The molecular weight excluding hydrogens is 238 g/mol. The van der Waals surface area contributed by atoms with E-state index in [0.717, 1.165) is 28.5 Å². The largest absolute Gasteiger partial charge is 0.338 e. The van der Waals surface area contributed by atoms with Crippen LogP contribution in [-0.4, -0.2) is 17.9 Å². The lowest BCUT2D eigenvalue weighted by atomic mass is 10.1. The molecule has 0 saturated heterocycles. The highest BCUT2D eigenvalue weighted by Gasteiger charge is 2.24. The lowest BCUT2D eigenvalue weighted by Crippen LogP contribution is -2.25. The van der Waals surface area contributed by atoms with Gasteiger partial charge < -0.3 is 10.2 Å². The maximum absolute atomic E-state index is 12.5. The van der Waals surface area contributed by atoms with Gasteiger partial charge in [-0.3, -0.25) is 4.79 Å². The summed E-state index contributed by atoms with van der Waals surface area (Å²) < 4.78 is 0. The van der Waals surface area contributed by atoms with Crippen LogP contribution in [0.2, 0.25) is 0 Å². The number of anilines is 3. The van der Waals surface area contributed by atoms with Gasteiger partial charge in [-0.2, -0.15) is 0 Å². The van der Waals surface area contributed by atoms with E-state index in [4.69, 9.17) is 0 Å². The van der Waals surface area contributed by atoms with Gasteiger partial charge in [0.2, 0.25) is 0 Å². The number of fused-ring (bicyclic) bond motifs is 2. The SMILES string of the molecule is Cc1ccc2c(c1)C(=O)N(C)c1ccc(C)nc1N2. The van der Waals surface area contributed by atoms with Gasteiger partial charge in [0.05, 0.1) is 16.9 Å². The highest BCUT2D eigenvalue weighted by Crippen LogP contribution is 2.33. The third-order valence-corrected chi connectivity index (χ3v) is 3.34. The summed E-state index contributed by atoms with van der Waals surface area (Å²) in [4.78, 5) is 18.6. The van der Waals surface area contributed by atoms with E-state index in [9.17, 15) is 4.79 Å². The highest BCUT2D eigenvalue weighted by molar-refractivity contribution is 6.12. The van der Waals surface area contributed by atoms with Crippen molar-refractivity contribution in [1.29, 1.82) is 0 Å². The summed E-state index contributed by atoms with van der Waals surface area (Å²) >= 11 is 0. The highest BCUT2D eigenvalue weighted by atomic mass is 16.2. The third kappa shape index (κ3) is 1.85. The fraction of sp³-hybridized carbons (Fsp3) is 0.200. The number of aryl methyl sites for hydroxylation is 2. The summed E-state index contributed by atoms with van der Waals surface area (Å²) in [5.74, 6) is 0.703. The molecule has 96 valence electrons. The first-order valence-electron chi connectivity index (χ1n) is 6.19. The van der Waals surface area contributed by atoms with Crippen molar-refractivity contribution in [3.8, 4) is 0 Å². The van der Waals surface area contributed by atoms with Crippen molar-refractivity contribution in [2.24, 2.45) is 0 Å². The number of pyridine rings is 1. The van der Waals surface area contributed by atoms with E-state index >= 15 is 0 Å². The second-order valence-corrected chi connectivity index (χ2v) is 4.86. The molecule has 2 aromatic rings. The Balaban J connectivity index is 2.23. The third-order valence-electron chi connectivity index (χ3n) is 3.34. The van der Waals surface area contributed by atoms with Crippen LogP contribution >= 0.6 is 0 Å². The van der Waals surface area contributed by atoms with Crippen LogP contribution < -0.4 is 10.2 Å². The number of aromatic nitrogens is 1. The molecule has 1 aliphatic heterocycles. The van der Waals surface area contributed by atoms with Gasteiger partial charge in [-0.05, 0) is 38.1 Å². The number of nitrogens with zero attached hydrogens (tertiary/aromatic N) is 2. The topological polar surface area (TPSA) is 45.2 Å². The van der Waals surface area contributed by atoms with Crippen LogP contribution in [0.1, 0.15) is 21.6 Å². The minimum Gasteiger partial charge on any atom is -0.338 e. The van der Waals surface area contributed by atoms with Gasteiger partial charge in [0.1, 0.15) is 0 Å². The lowest BCUT2D eigenvalue weighted by Gasteiger charge is -2.16. The van der Waals surface area contributed by atoms with Crippen LogP contribution in [0, 0.1) is 13.8 Å². The number of nitrogens with one attached hydrogen (secondary N) is 1. The summed E-state index contributed by atoms with van der Waals surface area (Å²) in [6, 6.07) is 9.64. The number of benzene rings is 1. The molecule has 0 spiro atoms. The zero-order chi connectivity index (χ0) is 13.6. The molecule has 1 amide bonds. The van der Waals surface area contributed by atoms with E-state index in [-0.39, 0.29) is 5.91 Å². The van der Waals surface area contributed by atoms with Crippen LogP contribution in [0.4, 0.5) is 17.2 Å². The van der Waals surface area contributed by atoms with Crippen LogP contribution in [0.25, 0.3) is 0 Å². The molecular formula is C15H15N3O. The minimum atomic E-state index is -0.0180. The Morgan fingerprint density at radius 2 is 1.95 bits per heavy atom. The Bertz CT molecular complexity index is 679. The molecule has 4 nitrogen and oxygen atoms in total. The molecule has 0 unspecified atom stereocenters. The van der Waals surface area contributed by atoms with Crippen molar-refractivity contribution in [3.05, 3.63) is 47.2 Å². The molecule has 1 N–H and O–H groups in total. The molecule has 3 rings (SSSR count). The minimum absolute atomic E-state index is 0.0180. The molecule has 0 radical (unpaired) electrons. The Hall–Kier alpha value is -2.36. The van der Waals surface area contributed by atoms with E-state index in [1.54, 1.807) is 11.9 Å². The smallest absolute Gasteiger partial charge is 0.260 e. The maximum atomic E-state index is 12.5. The average molecular weight is 253 g/mol. The fourth-order valence-corrected chi connectivity index (χ4v) is 2.27. The van der Waals surface area contributed by atoms with Gasteiger partial charge in [0.15, 0.2) is 5.82 Å². The Morgan fingerprint density at radius 3 is 2.74 bits per heavy atom. The summed E-state index contributed by atoms with van der Waals surface area (Å²) in [6.07, 6.45) is 0. The first-order valence-corrected chi connectivity index (χ1v) is 6.19. The second kappa shape index (κ2) is 4.09. The Labute approximate surface area is 112 Å². The van der Waals surface area contributed by atoms with Gasteiger partial charge in [-0.1, -0.05) is 11.6 Å². The van der Waals surface area contributed by atoms with Crippen molar-refractivity contribution in [2.75, 3.05) is 17.3 Å². The molecule has 1 aliphatic rings. The van der Waals surface area contributed by atoms with Gasteiger partial charge >= 0.3 is 0 Å². The number of rotatable bonds is 0. The molecule has 0 fully saturated rings. The van der Waals surface area contributed by atoms with Crippen molar-refractivity contribution in [1.82, 2.24) is 4.98 Å². The molecule has 2 heterocycles. The zero-order valence-electron chi connectivity index (χ0n) is 11.2. The Kier molecular flexibility index (Phi) is 2.52. The first kappa shape index (κ1) is 11.7. The van der Waals surface area contributed by atoms with Crippen LogP contribution in [0.5, 0.6) is 0 Å². The summed E-state index contributed by atoms with van der Waals surface area (Å²) in [6.45, 7) is 3.92. The van der Waals surface area contributed by atoms with Crippen LogP contribution in [0.15, 0.2) is 30.3 Å². The fourth-order valence-electron chi connectivity index (χ4n) is 2.27. The van der Waals surface area contributed by atoms with Crippen LogP contribution in [0.3, 0.4) is 0 Å². The molecule has 0 saturated carbocycles. The van der Waals surface area contributed by atoms with Crippen molar-refractivity contribution < 1.29 is 4.79 Å². The number of hydrogen-bond donors (Lipinski definition) is 1. The van der Waals surface area contributed by atoms with E-state index in [1.165, 1.54) is 0 Å². The van der Waals surface area contributed by atoms with Crippen molar-refractivity contribution >= 4 is 23.1 Å². The lowest BCUT2D eigenvalue weighted by molar-refractivity contribution is 0.0994. The normalized spacial score (nSPS) is 13.4. The van der Waals surface area contributed by atoms with Crippen molar-refractivity contribution in [2.45, 2.75) is 13.8 Å². The van der Waals surface area contributed by atoms with E-state index < -0.39 is 0 Å². The first-order chi connectivity index (χ1) is 9.06. The van der Waals surface area contributed by atoms with Crippen LogP contribution in [-0.2, 0) is 0 Å². The van der Waals surface area contributed by atoms with E-state index in [2.05, 4.69) is 10.3 Å². The predicted octanol–water partition coefficient (Wildman–Crippen LogP) is 3.03. The Morgan fingerprint density at radius 1 is 1.16 bits per heavy atom. The van der Waals surface area contributed by atoms with Gasteiger partial charge in [0, 0.05) is 12.7 Å². The van der Waals surface area contributed by atoms with E-state index in [1.807, 2.05) is 44.2 Å². The second-order valence-electron chi connectivity index (χ2n) is 4.86. The summed E-state index contributed by atoms with van der Waals surface area (Å²) in [5, 5.41) is 3.26. The average Bonchev–Trinajstić information content (AvgIpc) is 2.48. The number of amides is 1. The summed E-state index contributed by atoms with van der Waals surface area (Å²) in [5.41, 5.74) is 4.27. The van der Waals surface area contributed by atoms with E-state index in [0.29, 0.717) is 5.56 Å². The van der Waals surface area contributed by atoms with Gasteiger partial charge in [-0.15, -0.1) is 0 Å². The molecule has 19 heavy (non-hydrogen) atoms. The monoisotopic (exact) mass is 253 g/mol. The van der Waals surface area contributed by atoms with Gasteiger partial charge in [0.25, 0.3) is 5.91 Å². The summed E-state index contributed by atoms with van der Waals surface area (Å²) in [7, 11) is 1.78. The molecule has 4 heteroatoms. The quantitative estimate of drug-likeness (QED) is 0.785. The zero-order valence-corrected chi connectivity index (χ0v) is 11.2. The number of hydrogen-bond acceptors (Lipinski definition) is 3. The number of carbonyl (C=O) groups excluding carboxylic acids is 1. The molecule has 0 bridgehead atoms. The molecule has 1 aromatic heterocycles. The van der Waals surface area contributed by atoms with Crippen molar-refractivity contribution in [3.63, 3.8) is 0 Å².